The molecule has 4 N–H and O–H groups in total. The van der Waals surface area contributed by atoms with E-state index in [0.29, 0.717) is 28.9 Å². The summed E-state index contributed by atoms with van der Waals surface area (Å²) in [4.78, 5) is 21.2. The number of nitrogens with two attached hydrogens (primary N) is 2. The Morgan fingerprint density at radius 3 is 2.65 bits per heavy atom. The van der Waals surface area contributed by atoms with Gasteiger partial charge in [-0.1, -0.05) is 11.6 Å². The highest BCUT2D eigenvalue weighted by molar-refractivity contribution is 6.33. The van der Waals surface area contributed by atoms with Crippen LogP contribution in [-0.4, -0.2) is 29.0 Å². The van der Waals surface area contributed by atoms with E-state index >= 15 is 0 Å². The number of piperidine rings is 1. The van der Waals surface area contributed by atoms with E-state index < -0.39 is 0 Å². The molecular weight excluding hydrogens is 278 g/mol. The van der Waals surface area contributed by atoms with Gasteiger partial charge in [-0.25, -0.2) is 4.98 Å². The lowest BCUT2D eigenvalue weighted by molar-refractivity contribution is -0.118. The Morgan fingerprint density at radius 2 is 2.05 bits per heavy atom. The van der Waals surface area contributed by atoms with E-state index in [1.165, 1.54) is 0 Å². The molecule has 7 heteroatoms. The number of carbonyl (C=O) groups is 1. The molecule has 0 spiro atoms. The number of rotatable bonds is 4. The summed E-state index contributed by atoms with van der Waals surface area (Å²) in [6, 6.07) is 0. The van der Waals surface area contributed by atoms with Gasteiger partial charge in [0.15, 0.2) is 5.82 Å². The van der Waals surface area contributed by atoms with Crippen LogP contribution in [0.15, 0.2) is 0 Å². The standard InChI is InChI=1S/C13H20ClN5O/c1-8-11(14)12(18-13(16)17-8)19-6-4-9(5-7-19)2-3-10(15)20/h9H,2-7H2,1H3,(H2,15,20)(H2,16,17,18). The van der Waals surface area contributed by atoms with Crippen molar-refractivity contribution in [3.8, 4) is 0 Å². The topological polar surface area (TPSA) is 98.1 Å². The largest absolute Gasteiger partial charge is 0.370 e. The van der Waals surface area contributed by atoms with Crippen molar-refractivity contribution in [1.29, 1.82) is 0 Å². The number of primary amides is 1. The number of anilines is 2. The Morgan fingerprint density at radius 1 is 1.40 bits per heavy atom. The lowest BCUT2D eigenvalue weighted by atomic mass is 9.92. The van der Waals surface area contributed by atoms with Gasteiger partial charge in [-0.05, 0) is 32.1 Å². The molecule has 1 aliphatic heterocycles. The van der Waals surface area contributed by atoms with Gasteiger partial charge in [-0.2, -0.15) is 4.98 Å². The van der Waals surface area contributed by atoms with Crippen LogP contribution in [0, 0.1) is 12.8 Å². The maximum atomic E-state index is 10.8. The van der Waals surface area contributed by atoms with Crippen molar-refractivity contribution in [1.82, 2.24) is 9.97 Å². The minimum atomic E-state index is -0.227. The highest BCUT2D eigenvalue weighted by Gasteiger charge is 2.23. The first kappa shape index (κ1) is 14.8. The molecule has 1 aromatic rings. The summed E-state index contributed by atoms with van der Waals surface area (Å²) < 4.78 is 0. The second kappa shape index (κ2) is 6.26. The van der Waals surface area contributed by atoms with Crippen molar-refractivity contribution >= 4 is 29.3 Å². The number of hydrogen-bond acceptors (Lipinski definition) is 5. The van der Waals surface area contributed by atoms with Gasteiger partial charge in [0.2, 0.25) is 11.9 Å². The number of hydrogen-bond donors (Lipinski definition) is 2. The van der Waals surface area contributed by atoms with Crippen molar-refractivity contribution in [3.05, 3.63) is 10.7 Å². The molecule has 0 radical (unpaired) electrons. The molecule has 2 heterocycles. The van der Waals surface area contributed by atoms with E-state index in [4.69, 9.17) is 23.1 Å². The zero-order valence-electron chi connectivity index (χ0n) is 11.6. The van der Waals surface area contributed by atoms with Crippen LogP contribution in [0.1, 0.15) is 31.4 Å². The van der Waals surface area contributed by atoms with E-state index in [1.54, 1.807) is 0 Å². The van der Waals surface area contributed by atoms with Crippen molar-refractivity contribution in [3.63, 3.8) is 0 Å². The first-order chi connectivity index (χ1) is 9.47. The maximum Gasteiger partial charge on any atom is 0.222 e. The van der Waals surface area contributed by atoms with Crippen molar-refractivity contribution < 1.29 is 4.79 Å². The maximum absolute atomic E-state index is 10.8. The molecule has 0 bridgehead atoms. The third kappa shape index (κ3) is 3.50. The average Bonchev–Trinajstić information content (AvgIpc) is 2.41. The van der Waals surface area contributed by atoms with E-state index in [1.807, 2.05) is 6.92 Å². The van der Waals surface area contributed by atoms with Crippen LogP contribution in [0.2, 0.25) is 5.02 Å². The van der Waals surface area contributed by atoms with E-state index in [-0.39, 0.29) is 11.9 Å². The lowest BCUT2D eigenvalue weighted by Gasteiger charge is -2.33. The van der Waals surface area contributed by atoms with Gasteiger partial charge < -0.3 is 16.4 Å². The number of aromatic nitrogens is 2. The molecule has 6 nitrogen and oxygen atoms in total. The summed E-state index contributed by atoms with van der Waals surface area (Å²) in [6.45, 7) is 3.54. The first-order valence-electron chi connectivity index (χ1n) is 6.80. The van der Waals surface area contributed by atoms with Crippen LogP contribution in [0.3, 0.4) is 0 Å². The molecule has 0 aromatic carbocycles. The minimum absolute atomic E-state index is 0.227. The second-order valence-electron chi connectivity index (χ2n) is 5.24. The number of nitrogens with zero attached hydrogens (tertiary/aromatic N) is 3. The quantitative estimate of drug-likeness (QED) is 0.877. The highest BCUT2D eigenvalue weighted by Crippen LogP contribution is 2.31. The predicted molar refractivity (Wildman–Crippen MR) is 79.6 cm³/mol. The van der Waals surface area contributed by atoms with E-state index in [2.05, 4.69) is 14.9 Å². The van der Waals surface area contributed by atoms with Crippen LogP contribution >= 0.6 is 11.6 Å². The monoisotopic (exact) mass is 297 g/mol. The fourth-order valence-electron chi connectivity index (χ4n) is 2.55. The molecule has 0 saturated carbocycles. The normalized spacial score (nSPS) is 16.4. The molecule has 0 atom stereocenters. The number of carbonyl (C=O) groups excluding carboxylic acids is 1. The smallest absolute Gasteiger partial charge is 0.222 e. The molecule has 1 aliphatic rings. The average molecular weight is 298 g/mol. The van der Waals surface area contributed by atoms with Crippen LogP contribution in [-0.2, 0) is 4.79 Å². The molecule has 20 heavy (non-hydrogen) atoms. The summed E-state index contributed by atoms with van der Waals surface area (Å²) in [7, 11) is 0. The van der Waals surface area contributed by atoms with Crippen molar-refractivity contribution in [2.24, 2.45) is 11.7 Å². The van der Waals surface area contributed by atoms with Crippen LogP contribution < -0.4 is 16.4 Å². The molecule has 110 valence electrons. The molecule has 1 saturated heterocycles. The van der Waals surface area contributed by atoms with Gasteiger partial charge in [0, 0.05) is 19.5 Å². The molecule has 1 fully saturated rings. The number of nitrogen functional groups attached to an aromatic ring is 1. The highest BCUT2D eigenvalue weighted by atomic mass is 35.5. The summed E-state index contributed by atoms with van der Waals surface area (Å²) >= 11 is 6.25. The van der Waals surface area contributed by atoms with Gasteiger partial charge in [0.1, 0.15) is 5.02 Å². The molecule has 1 aromatic heterocycles. The Balaban J connectivity index is 1.99. The predicted octanol–water partition coefficient (Wildman–Crippen LogP) is 1.50. The van der Waals surface area contributed by atoms with Crippen molar-refractivity contribution in [2.75, 3.05) is 23.7 Å². The minimum Gasteiger partial charge on any atom is -0.370 e. The summed E-state index contributed by atoms with van der Waals surface area (Å²) in [6.07, 6.45) is 3.34. The Labute approximate surface area is 123 Å². The molecule has 1 amide bonds. The summed E-state index contributed by atoms with van der Waals surface area (Å²) in [5.41, 5.74) is 11.6. The van der Waals surface area contributed by atoms with Crippen molar-refractivity contribution in [2.45, 2.75) is 32.6 Å². The molecule has 0 unspecified atom stereocenters. The zero-order chi connectivity index (χ0) is 14.7. The van der Waals surface area contributed by atoms with Crippen LogP contribution in [0.5, 0.6) is 0 Å². The van der Waals surface area contributed by atoms with Crippen LogP contribution in [0.4, 0.5) is 11.8 Å². The Kier molecular flexibility index (Phi) is 4.65. The van der Waals surface area contributed by atoms with Gasteiger partial charge in [-0.15, -0.1) is 0 Å². The second-order valence-corrected chi connectivity index (χ2v) is 5.62. The fraction of sp³-hybridized carbons (Fsp3) is 0.615. The van der Waals surface area contributed by atoms with E-state index in [0.717, 1.165) is 32.4 Å². The number of halogens is 1. The van der Waals surface area contributed by atoms with Gasteiger partial charge in [-0.3, -0.25) is 4.79 Å². The zero-order valence-corrected chi connectivity index (χ0v) is 12.4. The third-order valence-corrected chi connectivity index (χ3v) is 4.17. The van der Waals surface area contributed by atoms with Gasteiger partial charge >= 0.3 is 0 Å². The van der Waals surface area contributed by atoms with Crippen LogP contribution in [0.25, 0.3) is 0 Å². The van der Waals surface area contributed by atoms with E-state index in [9.17, 15) is 4.79 Å². The molecular formula is C13H20ClN5O. The van der Waals surface area contributed by atoms with Gasteiger partial charge in [0.25, 0.3) is 0 Å². The Hall–Kier alpha value is -1.56. The SMILES string of the molecule is Cc1nc(N)nc(N2CCC(CCC(N)=O)CC2)c1Cl. The third-order valence-electron chi connectivity index (χ3n) is 3.73. The molecule has 2 rings (SSSR count). The number of amides is 1. The summed E-state index contributed by atoms with van der Waals surface area (Å²) in [5, 5.41) is 0.565. The molecule has 0 aliphatic carbocycles. The summed E-state index contributed by atoms with van der Waals surface area (Å²) in [5.74, 6) is 1.27. The lowest BCUT2D eigenvalue weighted by Crippen LogP contribution is -2.35. The first-order valence-corrected chi connectivity index (χ1v) is 7.18. The number of aryl methyl sites for hydroxylation is 1. The Bertz CT molecular complexity index is 500. The van der Waals surface area contributed by atoms with Gasteiger partial charge in [0.05, 0.1) is 5.69 Å². The fourth-order valence-corrected chi connectivity index (χ4v) is 2.76.